The molecule has 1 aliphatic heterocycles. The molecule has 0 N–H and O–H groups in total. The smallest absolute Gasteiger partial charge is 0.410 e. The molecule has 2 heterocycles. The molecule has 150 valence electrons. The van der Waals surface area contributed by atoms with Crippen LogP contribution in [0.25, 0.3) is 0 Å². The molecule has 0 atom stereocenters. The highest BCUT2D eigenvalue weighted by Gasteiger charge is 2.29. The Morgan fingerprint density at radius 3 is 2.63 bits per heavy atom. The average Bonchev–Trinajstić information content (AvgIpc) is 3.43. The molecule has 0 unspecified atom stereocenters. The number of pyridine rings is 1. The largest absolute Gasteiger partial charge is 0.445 e. The lowest BCUT2D eigenvalue weighted by molar-refractivity contribution is 0.0949. The van der Waals surface area contributed by atoms with Crippen LogP contribution in [0.15, 0.2) is 60.8 Å². The number of nitrogens with zero attached hydrogens (tertiary/aromatic N) is 2. The van der Waals surface area contributed by atoms with E-state index in [4.69, 9.17) is 4.74 Å². The van der Waals surface area contributed by atoms with Crippen molar-refractivity contribution >= 4 is 11.9 Å². The fraction of sp³-hybridized carbons (Fsp3) is 0.240. The summed E-state index contributed by atoms with van der Waals surface area (Å²) in [5.41, 5.74) is 6.40. The predicted molar refractivity (Wildman–Crippen MR) is 112 cm³/mol. The molecule has 0 bridgehead atoms. The lowest BCUT2D eigenvalue weighted by atomic mass is 9.97. The summed E-state index contributed by atoms with van der Waals surface area (Å²) in [7, 11) is 0. The van der Waals surface area contributed by atoms with Crippen LogP contribution in [0.4, 0.5) is 4.79 Å². The molecule has 3 aromatic rings. The molecule has 1 aliphatic carbocycles. The van der Waals surface area contributed by atoms with E-state index in [1.165, 1.54) is 11.1 Å². The minimum Gasteiger partial charge on any atom is -0.445 e. The van der Waals surface area contributed by atoms with Gasteiger partial charge in [-0.1, -0.05) is 48.5 Å². The molecule has 5 heteroatoms. The van der Waals surface area contributed by atoms with Gasteiger partial charge in [0.2, 0.25) is 5.78 Å². The number of aryl methyl sites for hydroxylation is 2. The second-order valence-corrected chi connectivity index (χ2v) is 7.86. The van der Waals surface area contributed by atoms with Gasteiger partial charge in [0, 0.05) is 18.3 Å². The molecule has 0 saturated heterocycles. The molecule has 5 rings (SSSR count). The van der Waals surface area contributed by atoms with Gasteiger partial charge in [-0.3, -0.25) is 14.7 Å². The summed E-state index contributed by atoms with van der Waals surface area (Å²) in [5, 5.41) is 0. The number of aromatic nitrogens is 1. The van der Waals surface area contributed by atoms with Crippen molar-refractivity contribution in [3.8, 4) is 0 Å². The van der Waals surface area contributed by atoms with Gasteiger partial charge in [-0.05, 0) is 53.1 Å². The summed E-state index contributed by atoms with van der Waals surface area (Å²) >= 11 is 0. The lowest BCUT2D eigenvalue weighted by Gasteiger charge is -2.15. The van der Waals surface area contributed by atoms with Crippen molar-refractivity contribution in [2.24, 2.45) is 0 Å². The van der Waals surface area contributed by atoms with Crippen molar-refractivity contribution in [1.82, 2.24) is 9.88 Å². The Labute approximate surface area is 175 Å². The summed E-state index contributed by atoms with van der Waals surface area (Å²) in [6.07, 6.45) is 4.63. The van der Waals surface area contributed by atoms with Gasteiger partial charge < -0.3 is 4.74 Å². The quantitative estimate of drug-likeness (QED) is 0.609. The monoisotopic (exact) mass is 398 g/mol. The van der Waals surface area contributed by atoms with E-state index in [1.807, 2.05) is 60.8 Å². The van der Waals surface area contributed by atoms with Crippen LogP contribution >= 0.6 is 0 Å². The van der Waals surface area contributed by atoms with Gasteiger partial charge in [0.25, 0.3) is 0 Å². The van der Waals surface area contributed by atoms with Crippen LogP contribution in [0.1, 0.15) is 50.3 Å². The number of carbonyl (C=O) groups excluding carboxylic acids is 2. The zero-order valence-electron chi connectivity index (χ0n) is 16.6. The molecular weight excluding hydrogens is 376 g/mol. The molecule has 0 spiro atoms. The maximum absolute atomic E-state index is 13.2. The second-order valence-electron chi connectivity index (χ2n) is 7.86. The molecule has 2 aromatic carbocycles. The maximum Gasteiger partial charge on any atom is 0.410 e. The number of ketones is 1. The zero-order chi connectivity index (χ0) is 20.5. The van der Waals surface area contributed by atoms with E-state index in [1.54, 1.807) is 4.90 Å². The van der Waals surface area contributed by atoms with Gasteiger partial charge in [-0.25, -0.2) is 4.79 Å². The van der Waals surface area contributed by atoms with Crippen molar-refractivity contribution in [2.75, 3.05) is 0 Å². The first-order chi connectivity index (χ1) is 14.7. The standard InChI is InChI=1S/C25H22N2O3/c28-24(23-12-18-8-4-9-19(18)13-26-23)21-11-5-10-20-14-27(15-22(20)21)25(29)30-16-17-6-2-1-3-7-17/h1-3,5-7,10-13H,4,8-9,14-16H2. The first kappa shape index (κ1) is 18.6. The Balaban J connectivity index is 1.33. The van der Waals surface area contributed by atoms with Gasteiger partial charge in [0.1, 0.15) is 12.3 Å². The number of carbonyl (C=O) groups is 2. The second kappa shape index (κ2) is 7.75. The van der Waals surface area contributed by atoms with E-state index in [-0.39, 0.29) is 18.5 Å². The average molecular weight is 398 g/mol. The van der Waals surface area contributed by atoms with Crippen LogP contribution in [0.3, 0.4) is 0 Å². The van der Waals surface area contributed by atoms with E-state index in [2.05, 4.69) is 4.98 Å². The van der Waals surface area contributed by atoms with Crippen molar-refractivity contribution < 1.29 is 14.3 Å². The van der Waals surface area contributed by atoms with E-state index < -0.39 is 0 Å². The van der Waals surface area contributed by atoms with Crippen molar-refractivity contribution in [3.05, 3.63) is 99.9 Å². The third-order valence-corrected chi connectivity index (χ3v) is 5.90. The molecule has 1 amide bonds. The van der Waals surface area contributed by atoms with E-state index >= 15 is 0 Å². The fourth-order valence-corrected chi connectivity index (χ4v) is 4.29. The molecule has 1 aromatic heterocycles. The number of rotatable bonds is 4. The Morgan fingerprint density at radius 1 is 0.933 bits per heavy atom. The first-order valence-corrected chi connectivity index (χ1v) is 10.3. The summed E-state index contributed by atoms with van der Waals surface area (Å²) in [4.78, 5) is 31.8. The number of fused-ring (bicyclic) bond motifs is 2. The van der Waals surface area contributed by atoms with Crippen molar-refractivity contribution in [2.45, 2.75) is 39.0 Å². The highest BCUT2D eigenvalue weighted by molar-refractivity contribution is 6.09. The molecule has 0 radical (unpaired) electrons. The number of ether oxygens (including phenoxy) is 1. The summed E-state index contributed by atoms with van der Waals surface area (Å²) < 4.78 is 5.47. The Kier molecular flexibility index (Phi) is 4.79. The van der Waals surface area contributed by atoms with Crippen LogP contribution in [-0.2, 0) is 37.3 Å². The number of benzene rings is 2. The number of hydrogen-bond donors (Lipinski definition) is 0. The predicted octanol–water partition coefficient (Wildman–Crippen LogP) is 4.45. The summed E-state index contributed by atoms with van der Waals surface area (Å²) in [6, 6.07) is 17.2. The Bertz CT molecular complexity index is 1120. The zero-order valence-corrected chi connectivity index (χ0v) is 16.6. The third-order valence-electron chi connectivity index (χ3n) is 5.90. The van der Waals surface area contributed by atoms with E-state index in [9.17, 15) is 9.59 Å². The first-order valence-electron chi connectivity index (χ1n) is 10.3. The highest BCUT2D eigenvalue weighted by Crippen LogP contribution is 2.29. The van der Waals surface area contributed by atoms with Gasteiger partial charge in [0.05, 0.1) is 6.54 Å². The van der Waals surface area contributed by atoms with E-state index in [0.29, 0.717) is 24.3 Å². The SMILES string of the molecule is O=C(c1cc2c(cn1)CCC2)c1cccc2c1CN(C(=O)OCc1ccccc1)C2. The molecule has 30 heavy (non-hydrogen) atoms. The van der Waals surface area contributed by atoms with Crippen molar-refractivity contribution in [1.29, 1.82) is 0 Å². The van der Waals surface area contributed by atoms with Crippen LogP contribution < -0.4 is 0 Å². The number of hydrogen-bond acceptors (Lipinski definition) is 4. The highest BCUT2D eigenvalue weighted by atomic mass is 16.6. The Morgan fingerprint density at radius 2 is 1.77 bits per heavy atom. The van der Waals surface area contributed by atoms with E-state index in [0.717, 1.165) is 36.0 Å². The van der Waals surface area contributed by atoms with Gasteiger partial charge in [-0.15, -0.1) is 0 Å². The third kappa shape index (κ3) is 3.47. The Hall–Kier alpha value is -3.47. The molecule has 0 fully saturated rings. The van der Waals surface area contributed by atoms with Gasteiger partial charge >= 0.3 is 6.09 Å². The van der Waals surface area contributed by atoms with Crippen molar-refractivity contribution in [3.63, 3.8) is 0 Å². The van der Waals surface area contributed by atoms with Crippen LogP contribution in [0, 0.1) is 0 Å². The minimum atomic E-state index is -0.371. The lowest BCUT2D eigenvalue weighted by Crippen LogP contribution is -2.26. The molecular formula is C25H22N2O3. The number of amides is 1. The molecule has 5 nitrogen and oxygen atoms in total. The van der Waals surface area contributed by atoms with Crippen LogP contribution in [0.2, 0.25) is 0 Å². The van der Waals surface area contributed by atoms with Crippen LogP contribution in [0.5, 0.6) is 0 Å². The maximum atomic E-state index is 13.2. The normalized spacial score (nSPS) is 14.3. The van der Waals surface area contributed by atoms with Gasteiger partial charge in [-0.2, -0.15) is 0 Å². The summed E-state index contributed by atoms with van der Waals surface area (Å²) in [5.74, 6) is -0.0824. The van der Waals surface area contributed by atoms with Crippen LogP contribution in [-0.4, -0.2) is 21.8 Å². The summed E-state index contributed by atoms with van der Waals surface area (Å²) in [6.45, 7) is 1.05. The molecule has 0 saturated carbocycles. The molecule has 2 aliphatic rings. The minimum absolute atomic E-state index is 0.0824. The topological polar surface area (TPSA) is 59.5 Å². The van der Waals surface area contributed by atoms with Gasteiger partial charge in [0.15, 0.2) is 0 Å². The fourth-order valence-electron chi connectivity index (χ4n) is 4.29.